The maximum absolute atomic E-state index is 5.82. The second kappa shape index (κ2) is 6.16. The fourth-order valence-corrected chi connectivity index (χ4v) is 2.30. The topological polar surface area (TPSA) is 51.4 Å². The minimum absolute atomic E-state index is 0.0485. The number of hydrogen-bond acceptors (Lipinski definition) is 4. The highest BCUT2D eigenvalue weighted by atomic mass is 16.5. The van der Waals surface area contributed by atoms with Gasteiger partial charge in [-0.15, -0.1) is 0 Å². The summed E-state index contributed by atoms with van der Waals surface area (Å²) >= 11 is 0. The molecule has 0 bridgehead atoms. The molecule has 2 rings (SSSR count). The number of rotatable bonds is 4. The van der Waals surface area contributed by atoms with E-state index < -0.39 is 0 Å². The smallest absolute Gasteiger partial charge is 0.128 e. The second-order valence-corrected chi connectivity index (χ2v) is 5.17. The van der Waals surface area contributed by atoms with E-state index >= 15 is 0 Å². The number of anilines is 1. The van der Waals surface area contributed by atoms with Crippen LogP contribution in [0.25, 0.3) is 0 Å². The van der Waals surface area contributed by atoms with Crippen LogP contribution in [-0.4, -0.2) is 31.8 Å². The lowest BCUT2D eigenvalue weighted by molar-refractivity contribution is 0.0685. The first kappa shape index (κ1) is 13.3. The van der Waals surface area contributed by atoms with Gasteiger partial charge in [-0.25, -0.2) is 4.98 Å². The molecule has 0 aromatic carbocycles. The van der Waals surface area contributed by atoms with Crippen LogP contribution < -0.4 is 10.6 Å². The standard InChI is InChI=1S/C14H23N3O/c1-11(15)13-3-4-14(16-9-13)17(2)10-12-5-7-18-8-6-12/h3-4,9,11-12H,5-8,10,15H2,1-2H3. The summed E-state index contributed by atoms with van der Waals surface area (Å²) < 4.78 is 5.38. The first-order valence-electron chi connectivity index (χ1n) is 6.67. The molecule has 0 saturated carbocycles. The molecule has 4 heteroatoms. The van der Waals surface area contributed by atoms with Gasteiger partial charge in [0.05, 0.1) is 0 Å². The summed E-state index contributed by atoms with van der Waals surface area (Å²) in [7, 11) is 2.10. The molecule has 0 amide bonds. The van der Waals surface area contributed by atoms with Gasteiger partial charge in [-0.3, -0.25) is 0 Å². The summed E-state index contributed by atoms with van der Waals surface area (Å²) in [5.41, 5.74) is 6.90. The van der Waals surface area contributed by atoms with Crippen molar-refractivity contribution in [1.82, 2.24) is 4.98 Å². The molecule has 100 valence electrons. The molecule has 4 nitrogen and oxygen atoms in total. The van der Waals surface area contributed by atoms with E-state index in [0.29, 0.717) is 0 Å². The summed E-state index contributed by atoms with van der Waals surface area (Å²) in [5, 5.41) is 0. The average molecular weight is 249 g/mol. The Hall–Kier alpha value is -1.13. The quantitative estimate of drug-likeness (QED) is 0.886. The van der Waals surface area contributed by atoms with E-state index in [2.05, 4.69) is 29.1 Å². The van der Waals surface area contributed by atoms with Crippen LogP contribution in [-0.2, 0) is 4.74 Å². The zero-order chi connectivity index (χ0) is 13.0. The normalized spacial score (nSPS) is 18.6. The van der Waals surface area contributed by atoms with E-state index in [9.17, 15) is 0 Å². The number of nitrogens with two attached hydrogens (primary N) is 1. The maximum atomic E-state index is 5.82. The molecule has 0 aliphatic carbocycles. The van der Waals surface area contributed by atoms with Crippen LogP contribution in [0.1, 0.15) is 31.4 Å². The monoisotopic (exact) mass is 249 g/mol. The van der Waals surface area contributed by atoms with Gasteiger partial charge in [0.25, 0.3) is 0 Å². The van der Waals surface area contributed by atoms with Crippen LogP contribution in [0.3, 0.4) is 0 Å². The predicted molar refractivity (Wildman–Crippen MR) is 73.7 cm³/mol. The van der Waals surface area contributed by atoms with Gasteiger partial charge in [0, 0.05) is 39.0 Å². The summed E-state index contributed by atoms with van der Waals surface area (Å²) in [6, 6.07) is 4.17. The van der Waals surface area contributed by atoms with Gasteiger partial charge in [0.15, 0.2) is 0 Å². The Morgan fingerprint density at radius 1 is 1.44 bits per heavy atom. The van der Waals surface area contributed by atoms with Crippen molar-refractivity contribution < 1.29 is 4.74 Å². The number of nitrogens with zero attached hydrogens (tertiary/aromatic N) is 2. The largest absolute Gasteiger partial charge is 0.381 e. The molecule has 0 radical (unpaired) electrons. The zero-order valence-electron chi connectivity index (χ0n) is 11.3. The third-order valence-corrected chi connectivity index (χ3v) is 3.56. The van der Waals surface area contributed by atoms with Crippen LogP contribution in [0.5, 0.6) is 0 Å². The molecular weight excluding hydrogens is 226 g/mol. The minimum atomic E-state index is 0.0485. The van der Waals surface area contributed by atoms with Crippen molar-refractivity contribution in [2.45, 2.75) is 25.8 Å². The Bertz CT molecular complexity index is 358. The molecule has 1 aromatic heterocycles. The van der Waals surface area contributed by atoms with Crippen molar-refractivity contribution in [3.05, 3.63) is 23.9 Å². The van der Waals surface area contributed by atoms with Crippen molar-refractivity contribution in [2.75, 3.05) is 31.7 Å². The summed E-state index contributed by atoms with van der Waals surface area (Å²) in [6.07, 6.45) is 4.19. The highest BCUT2D eigenvalue weighted by Crippen LogP contribution is 2.19. The second-order valence-electron chi connectivity index (χ2n) is 5.17. The lowest BCUT2D eigenvalue weighted by Gasteiger charge is -2.27. The van der Waals surface area contributed by atoms with Crippen LogP contribution in [0.15, 0.2) is 18.3 Å². The highest BCUT2D eigenvalue weighted by Gasteiger charge is 2.16. The number of ether oxygens (including phenoxy) is 1. The van der Waals surface area contributed by atoms with E-state index in [-0.39, 0.29) is 6.04 Å². The highest BCUT2D eigenvalue weighted by molar-refractivity contribution is 5.38. The molecule has 18 heavy (non-hydrogen) atoms. The van der Waals surface area contributed by atoms with E-state index in [1.165, 1.54) is 0 Å². The van der Waals surface area contributed by atoms with Crippen molar-refractivity contribution in [2.24, 2.45) is 11.7 Å². The minimum Gasteiger partial charge on any atom is -0.381 e. The first-order valence-corrected chi connectivity index (χ1v) is 6.67. The van der Waals surface area contributed by atoms with Gasteiger partial charge in [0.1, 0.15) is 5.82 Å². The average Bonchev–Trinajstić information content (AvgIpc) is 2.40. The fraction of sp³-hybridized carbons (Fsp3) is 0.643. The Kier molecular flexibility index (Phi) is 4.55. The van der Waals surface area contributed by atoms with Gasteiger partial charge in [-0.2, -0.15) is 0 Å². The zero-order valence-corrected chi connectivity index (χ0v) is 11.3. The van der Waals surface area contributed by atoms with Gasteiger partial charge >= 0.3 is 0 Å². The molecule has 1 saturated heterocycles. The van der Waals surface area contributed by atoms with Gasteiger partial charge in [-0.1, -0.05) is 6.07 Å². The molecule has 1 aliphatic heterocycles. The number of pyridine rings is 1. The lowest BCUT2D eigenvalue weighted by Crippen LogP contribution is -2.30. The predicted octanol–water partition coefficient (Wildman–Crippen LogP) is 1.96. The summed E-state index contributed by atoms with van der Waals surface area (Å²) in [4.78, 5) is 6.70. The van der Waals surface area contributed by atoms with E-state index in [4.69, 9.17) is 10.5 Å². The molecular formula is C14H23N3O. The third kappa shape index (κ3) is 3.43. The Morgan fingerprint density at radius 3 is 2.72 bits per heavy atom. The molecule has 1 aliphatic rings. The number of hydrogen-bond donors (Lipinski definition) is 1. The van der Waals surface area contributed by atoms with Crippen molar-refractivity contribution in [3.63, 3.8) is 0 Å². The Morgan fingerprint density at radius 2 is 2.17 bits per heavy atom. The van der Waals surface area contributed by atoms with Crippen molar-refractivity contribution in [1.29, 1.82) is 0 Å². The van der Waals surface area contributed by atoms with Crippen LogP contribution in [0, 0.1) is 5.92 Å². The maximum Gasteiger partial charge on any atom is 0.128 e. The Balaban J connectivity index is 1.93. The van der Waals surface area contributed by atoms with E-state index in [1.807, 2.05) is 13.1 Å². The lowest BCUT2D eigenvalue weighted by atomic mass is 10.00. The molecule has 1 aromatic rings. The third-order valence-electron chi connectivity index (χ3n) is 3.56. The molecule has 1 fully saturated rings. The van der Waals surface area contributed by atoms with Crippen molar-refractivity contribution >= 4 is 5.82 Å². The van der Waals surface area contributed by atoms with Gasteiger partial charge < -0.3 is 15.4 Å². The first-order chi connectivity index (χ1) is 8.66. The molecule has 2 N–H and O–H groups in total. The van der Waals surface area contributed by atoms with Crippen LogP contribution in [0.4, 0.5) is 5.82 Å². The molecule has 1 atom stereocenters. The molecule has 2 heterocycles. The fourth-order valence-electron chi connectivity index (χ4n) is 2.30. The van der Waals surface area contributed by atoms with Crippen molar-refractivity contribution in [3.8, 4) is 0 Å². The summed E-state index contributed by atoms with van der Waals surface area (Å²) in [5.74, 6) is 1.74. The van der Waals surface area contributed by atoms with Crippen LogP contribution in [0.2, 0.25) is 0 Å². The van der Waals surface area contributed by atoms with Gasteiger partial charge in [0.2, 0.25) is 0 Å². The van der Waals surface area contributed by atoms with E-state index in [0.717, 1.165) is 49.9 Å². The molecule has 1 unspecified atom stereocenters. The molecule has 0 spiro atoms. The van der Waals surface area contributed by atoms with Crippen LogP contribution >= 0.6 is 0 Å². The number of aromatic nitrogens is 1. The SMILES string of the molecule is CC(N)c1ccc(N(C)CC2CCOCC2)nc1. The van der Waals surface area contributed by atoms with E-state index in [1.54, 1.807) is 0 Å². The van der Waals surface area contributed by atoms with Gasteiger partial charge in [-0.05, 0) is 37.3 Å². The Labute approximate surface area is 109 Å². The summed E-state index contributed by atoms with van der Waals surface area (Å²) in [6.45, 7) is 4.82.